The SMILES string of the molecule is Cc1cccc(OCCCCC(C(O)C(C)C)n2cncn2)c1. The Bertz CT molecular complexity index is 569. The lowest BCUT2D eigenvalue weighted by Gasteiger charge is -2.25. The van der Waals surface area contributed by atoms with E-state index in [9.17, 15) is 5.11 Å². The number of unbranched alkanes of at least 4 members (excludes halogenated alkanes) is 1. The first-order valence-electron chi connectivity index (χ1n) is 8.29. The van der Waals surface area contributed by atoms with Gasteiger partial charge in [-0.3, -0.25) is 0 Å². The van der Waals surface area contributed by atoms with Gasteiger partial charge in [-0.1, -0.05) is 26.0 Å². The summed E-state index contributed by atoms with van der Waals surface area (Å²) >= 11 is 0. The van der Waals surface area contributed by atoms with Crippen molar-refractivity contribution < 1.29 is 9.84 Å². The van der Waals surface area contributed by atoms with Crippen LogP contribution >= 0.6 is 0 Å². The Hall–Kier alpha value is -1.88. The molecule has 2 unspecified atom stereocenters. The summed E-state index contributed by atoms with van der Waals surface area (Å²) in [6.45, 7) is 6.79. The number of nitrogens with zero attached hydrogens (tertiary/aromatic N) is 3. The van der Waals surface area contributed by atoms with Gasteiger partial charge in [-0.25, -0.2) is 9.67 Å². The van der Waals surface area contributed by atoms with E-state index in [0.717, 1.165) is 25.0 Å². The van der Waals surface area contributed by atoms with Crippen LogP contribution in [0.4, 0.5) is 0 Å². The molecule has 0 amide bonds. The molecule has 0 saturated heterocycles. The molecule has 0 bridgehead atoms. The van der Waals surface area contributed by atoms with E-state index in [1.165, 1.54) is 11.9 Å². The molecule has 0 fully saturated rings. The standard InChI is InChI=1S/C18H27N3O2/c1-14(2)18(22)17(21-13-19-12-20-21)9-4-5-10-23-16-8-6-7-15(3)11-16/h6-8,11-14,17-18,22H,4-5,9-10H2,1-3H3. The molecule has 5 heteroatoms. The highest BCUT2D eigenvalue weighted by molar-refractivity contribution is 5.27. The molecule has 5 nitrogen and oxygen atoms in total. The van der Waals surface area contributed by atoms with Gasteiger partial charge in [0.05, 0.1) is 18.8 Å². The fraction of sp³-hybridized carbons (Fsp3) is 0.556. The number of aliphatic hydroxyl groups is 1. The maximum Gasteiger partial charge on any atom is 0.137 e. The van der Waals surface area contributed by atoms with Gasteiger partial charge in [-0.2, -0.15) is 5.10 Å². The Morgan fingerprint density at radius 1 is 1.26 bits per heavy atom. The predicted molar refractivity (Wildman–Crippen MR) is 90.4 cm³/mol. The van der Waals surface area contributed by atoms with Crippen molar-refractivity contribution in [2.75, 3.05) is 6.61 Å². The third-order valence-corrected chi connectivity index (χ3v) is 4.01. The average Bonchev–Trinajstić information content (AvgIpc) is 3.04. The Labute approximate surface area is 138 Å². The first-order valence-corrected chi connectivity index (χ1v) is 8.29. The van der Waals surface area contributed by atoms with E-state index in [1.807, 2.05) is 32.0 Å². The number of rotatable bonds is 9. The molecule has 1 aromatic carbocycles. The van der Waals surface area contributed by atoms with Crippen molar-refractivity contribution in [3.8, 4) is 5.75 Å². The summed E-state index contributed by atoms with van der Waals surface area (Å²) in [5.41, 5.74) is 1.20. The second-order valence-corrected chi connectivity index (χ2v) is 6.34. The van der Waals surface area contributed by atoms with E-state index >= 15 is 0 Å². The van der Waals surface area contributed by atoms with Crippen LogP contribution in [0.2, 0.25) is 0 Å². The second-order valence-electron chi connectivity index (χ2n) is 6.34. The van der Waals surface area contributed by atoms with Gasteiger partial charge in [0, 0.05) is 0 Å². The molecule has 1 aromatic heterocycles. The van der Waals surface area contributed by atoms with Crippen LogP contribution in [0.25, 0.3) is 0 Å². The minimum absolute atomic E-state index is 0.0310. The fourth-order valence-electron chi connectivity index (χ4n) is 2.64. The number of hydrogen-bond acceptors (Lipinski definition) is 4. The van der Waals surface area contributed by atoms with Gasteiger partial charge in [-0.15, -0.1) is 0 Å². The Kier molecular flexibility index (Phi) is 6.59. The summed E-state index contributed by atoms with van der Waals surface area (Å²) in [5.74, 6) is 1.10. The molecule has 126 valence electrons. The molecule has 0 aliphatic heterocycles. The van der Waals surface area contributed by atoms with Crippen molar-refractivity contribution in [1.29, 1.82) is 0 Å². The summed E-state index contributed by atoms with van der Waals surface area (Å²) < 4.78 is 7.54. The minimum Gasteiger partial charge on any atom is -0.494 e. The van der Waals surface area contributed by atoms with E-state index in [0.29, 0.717) is 6.61 Å². The van der Waals surface area contributed by atoms with Gasteiger partial charge < -0.3 is 9.84 Å². The zero-order valence-corrected chi connectivity index (χ0v) is 14.2. The number of hydrogen-bond donors (Lipinski definition) is 1. The van der Waals surface area contributed by atoms with E-state index in [4.69, 9.17) is 4.74 Å². The molecule has 23 heavy (non-hydrogen) atoms. The maximum atomic E-state index is 10.4. The van der Waals surface area contributed by atoms with E-state index in [1.54, 1.807) is 11.0 Å². The molecule has 0 radical (unpaired) electrons. The molecular formula is C18H27N3O2. The molecule has 1 heterocycles. The Morgan fingerprint density at radius 2 is 2.09 bits per heavy atom. The normalized spacial score (nSPS) is 14.0. The lowest BCUT2D eigenvalue weighted by molar-refractivity contribution is 0.0581. The zero-order valence-electron chi connectivity index (χ0n) is 14.2. The van der Waals surface area contributed by atoms with Crippen LogP contribution in [0.5, 0.6) is 5.75 Å². The summed E-state index contributed by atoms with van der Waals surface area (Å²) in [6.07, 6.45) is 5.55. The highest BCUT2D eigenvalue weighted by atomic mass is 16.5. The molecule has 0 aliphatic rings. The van der Waals surface area contributed by atoms with Gasteiger partial charge >= 0.3 is 0 Å². The third kappa shape index (κ3) is 5.36. The van der Waals surface area contributed by atoms with Gasteiger partial charge in [-0.05, 0) is 49.8 Å². The number of aryl methyl sites for hydroxylation is 1. The maximum absolute atomic E-state index is 10.4. The monoisotopic (exact) mass is 317 g/mol. The fourth-order valence-corrected chi connectivity index (χ4v) is 2.64. The number of aliphatic hydroxyl groups excluding tert-OH is 1. The molecule has 0 aliphatic carbocycles. The highest BCUT2D eigenvalue weighted by Gasteiger charge is 2.24. The molecular weight excluding hydrogens is 290 g/mol. The van der Waals surface area contributed by atoms with Crippen LogP contribution < -0.4 is 4.74 Å². The first kappa shape index (κ1) is 17.5. The topological polar surface area (TPSA) is 60.2 Å². The number of benzene rings is 1. The van der Waals surface area contributed by atoms with E-state index in [-0.39, 0.29) is 12.0 Å². The van der Waals surface area contributed by atoms with Crippen molar-refractivity contribution in [2.45, 2.75) is 52.2 Å². The Balaban J connectivity index is 1.78. The third-order valence-electron chi connectivity index (χ3n) is 4.01. The molecule has 2 rings (SSSR count). The van der Waals surface area contributed by atoms with Crippen molar-refractivity contribution in [3.63, 3.8) is 0 Å². The van der Waals surface area contributed by atoms with Crippen LogP contribution in [0.1, 0.15) is 44.7 Å². The lowest BCUT2D eigenvalue weighted by atomic mass is 9.95. The molecule has 1 N–H and O–H groups in total. The van der Waals surface area contributed by atoms with Crippen molar-refractivity contribution in [1.82, 2.24) is 14.8 Å². The quantitative estimate of drug-likeness (QED) is 0.720. The van der Waals surface area contributed by atoms with Crippen molar-refractivity contribution >= 4 is 0 Å². The summed E-state index contributed by atoms with van der Waals surface area (Å²) in [5, 5.41) is 14.6. The van der Waals surface area contributed by atoms with Gasteiger partial charge in [0.25, 0.3) is 0 Å². The average molecular weight is 317 g/mol. The van der Waals surface area contributed by atoms with Crippen molar-refractivity contribution in [2.24, 2.45) is 5.92 Å². The molecule has 0 saturated carbocycles. The van der Waals surface area contributed by atoms with Crippen LogP contribution in [-0.2, 0) is 0 Å². The molecule has 2 atom stereocenters. The van der Waals surface area contributed by atoms with Gasteiger partial charge in [0.15, 0.2) is 0 Å². The second kappa shape index (κ2) is 8.67. The number of aromatic nitrogens is 3. The molecule has 0 spiro atoms. The minimum atomic E-state index is -0.422. The Morgan fingerprint density at radius 3 is 2.74 bits per heavy atom. The summed E-state index contributed by atoms with van der Waals surface area (Å²) in [4.78, 5) is 3.99. The van der Waals surface area contributed by atoms with Crippen molar-refractivity contribution in [3.05, 3.63) is 42.5 Å². The van der Waals surface area contributed by atoms with Crippen LogP contribution in [-0.4, -0.2) is 32.6 Å². The highest BCUT2D eigenvalue weighted by Crippen LogP contribution is 2.23. The first-order chi connectivity index (χ1) is 11.1. The van der Waals surface area contributed by atoms with Gasteiger partial charge in [0.1, 0.15) is 18.4 Å². The largest absolute Gasteiger partial charge is 0.494 e. The summed E-state index contributed by atoms with van der Waals surface area (Å²) in [6, 6.07) is 8.05. The van der Waals surface area contributed by atoms with Crippen LogP contribution in [0, 0.1) is 12.8 Å². The van der Waals surface area contributed by atoms with E-state index in [2.05, 4.69) is 23.1 Å². The summed E-state index contributed by atoms with van der Waals surface area (Å²) in [7, 11) is 0. The smallest absolute Gasteiger partial charge is 0.137 e. The van der Waals surface area contributed by atoms with Crippen LogP contribution in [0.3, 0.4) is 0 Å². The zero-order chi connectivity index (χ0) is 16.7. The van der Waals surface area contributed by atoms with Crippen LogP contribution in [0.15, 0.2) is 36.9 Å². The predicted octanol–water partition coefficient (Wildman–Crippen LogP) is 3.39. The molecule has 2 aromatic rings. The van der Waals surface area contributed by atoms with Gasteiger partial charge in [0.2, 0.25) is 0 Å². The number of ether oxygens (including phenoxy) is 1. The lowest BCUT2D eigenvalue weighted by Crippen LogP contribution is -2.29. The van der Waals surface area contributed by atoms with E-state index < -0.39 is 6.10 Å².